The van der Waals surface area contributed by atoms with Crippen molar-refractivity contribution in [2.45, 2.75) is 25.7 Å². The van der Waals surface area contributed by atoms with Gasteiger partial charge in [0.2, 0.25) is 0 Å². The summed E-state index contributed by atoms with van der Waals surface area (Å²) in [4.78, 5) is 11.9. The van der Waals surface area contributed by atoms with Crippen molar-refractivity contribution in [2.24, 2.45) is 0 Å². The van der Waals surface area contributed by atoms with Gasteiger partial charge in [0, 0.05) is 6.42 Å². The van der Waals surface area contributed by atoms with Crippen LogP contribution in [0.5, 0.6) is 0 Å². The summed E-state index contributed by atoms with van der Waals surface area (Å²) in [6, 6.07) is 3.41. The Morgan fingerprint density at radius 3 is 2.78 bits per heavy atom. The van der Waals surface area contributed by atoms with E-state index in [0.717, 1.165) is 25.0 Å². The van der Waals surface area contributed by atoms with Gasteiger partial charge in [0.25, 0.3) is 0 Å². The third-order valence-corrected chi connectivity index (χ3v) is 3.27. The van der Waals surface area contributed by atoms with Crippen molar-refractivity contribution >= 4 is 17.4 Å². The molecule has 5 nitrogen and oxygen atoms in total. The molecular formula is C12H11ClN4O. The number of nitrogens with zero attached hydrogens (tertiary/aromatic N) is 4. The quantitative estimate of drug-likeness (QED) is 0.740. The van der Waals surface area contributed by atoms with E-state index in [0.29, 0.717) is 23.0 Å². The van der Waals surface area contributed by atoms with E-state index >= 15 is 0 Å². The largest absolute Gasteiger partial charge is 0.294 e. The van der Waals surface area contributed by atoms with Crippen LogP contribution < -0.4 is 0 Å². The summed E-state index contributed by atoms with van der Waals surface area (Å²) in [5.41, 5.74) is 1.64. The van der Waals surface area contributed by atoms with Crippen molar-refractivity contribution < 1.29 is 4.79 Å². The predicted octanol–water partition coefficient (Wildman–Crippen LogP) is 2.22. The molecule has 0 bridgehead atoms. The molecule has 0 saturated carbocycles. The zero-order chi connectivity index (χ0) is 12.5. The average Bonchev–Trinajstić information content (AvgIpc) is 2.71. The minimum absolute atomic E-state index is 0.163. The van der Waals surface area contributed by atoms with Crippen LogP contribution in [0.3, 0.4) is 0 Å². The molecule has 0 fully saturated rings. The van der Waals surface area contributed by atoms with E-state index in [-0.39, 0.29) is 5.78 Å². The molecule has 3 rings (SSSR count). The van der Waals surface area contributed by atoms with E-state index in [4.69, 9.17) is 11.6 Å². The molecule has 92 valence electrons. The molecule has 1 aliphatic carbocycles. The van der Waals surface area contributed by atoms with Gasteiger partial charge in [-0.05, 0) is 31.4 Å². The Kier molecular flexibility index (Phi) is 2.83. The fourth-order valence-corrected chi connectivity index (χ4v) is 2.28. The van der Waals surface area contributed by atoms with Crippen LogP contribution >= 0.6 is 11.6 Å². The van der Waals surface area contributed by atoms with Gasteiger partial charge in [-0.2, -0.15) is 5.10 Å². The van der Waals surface area contributed by atoms with E-state index in [2.05, 4.69) is 15.3 Å². The Morgan fingerprint density at radius 2 is 2.00 bits per heavy atom. The summed E-state index contributed by atoms with van der Waals surface area (Å²) in [6.07, 6.45) is 4.99. The molecule has 2 heterocycles. The standard InChI is InChI=1S/C12H11ClN4O/c13-11-5-6-12(16-15-11)17-9-3-1-2-4-10(18)8(9)7-14-17/h5-7H,1-4H2. The fourth-order valence-electron chi connectivity index (χ4n) is 2.18. The van der Waals surface area contributed by atoms with Gasteiger partial charge in [0.05, 0.1) is 17.5 Å². The first-order valence-electron chi connectivity index (χ1n) is 5.85. The van der Waals surface area contributed by atoms with Crippen LogP contribution in [0.25, 0.3) is 5.82 Å². The first kappa shape index (κ1) is 11.3. The molecule has 0 saturated heterocycles. The van der Waals surface area contributed by atoms with Gasteiger partial charge in [-0.15, -0.1) is 10.2 Å². The topological polar surface area (TPSA) is 60.7 Å². The molecule has 0 radical (unpaired) electrons. The van der Waals surface area contributed by atoms with E-state index < -0.39 is 0 Å². The molecule has 6 heteroatoms. The highest BCUT2D eigenvalue weighted by atomic mass is 35.5. The van der Waals surface area contributed by atoms with Crippen molar-refractivity contribution in [1.82, 2.24) is 20.0 Å². The minimum Gasteiger partial charge on any atom is -0.294 e. The normalized spacial score (nSPS) is 15.3. The number of carbonyl (C=O) groups is 1. The molecule has 0 aromatic carbocycles. The van der Waals surface area contributed by atoms with Crippen molar-refractivity contribution in [3.05, 3.63) is 34.7 Å². The highest BCUT2D eigenvalue weighted by Crippen LogP contribution is 2.22. The van der Waals surface area contributed by atoms with Crippen LogP contribution in [-0.4, -0.2) is 25.8 Å². The lowest BCUT2D eigenvalue weighted by molar-refractivity contribution is 0.0982. The van der Waals surface area contributed by atoms with E-state index in [1.807, 2.05) is 0 Å². The first-order chi connectivity index (χ1) is 8.75. The maximum absolute atomic E-state index is 11.9. The molecule has 0 N–H and O–H groups in total. The summed E-state index contributed by atoms with van der Waals surface area (Å²) in [6.45, 7) is 0. The van der Waals surface area contributed by atoms with Gasteiger partial charge in [-0.3, -0.25) is 4.79 Å². The van der Waals surface area contributed by atoms with E-state index in [1.165, 1.54) is 0 Å². The summed E-state index contributed by atoms with van der Waals surface area (Å²) in [7, 11) is 0. The fraction of sp³-hybridized carbons (Fsp3) is 0.333. The number of rotatable bonds is 1. The SMILES string of the molecule is O=C1CCCCc2c1cnn2-c1ccc(Cl)nn1. The predicted molar refractivity (Wildman–Crippen MR) is 66.0 cm³/mol. The number of Topliss-reactive ketones (excluding diaryl/α,β-unsaturated/α-hetero) is 1. The van der Waals surface area contributed by atoms with Crippen molar-refractivity contribution in [3.8, 4) is 5.82 Å². The van der Waals surface area contributed by atoms with Crippen LogP contribution in [0, 0.1) is 0 Å². The van der Waals surface area contributed by atoms with Crippen molar-refractivity contribution in [1.29, 1.82) is 0 Å². The molecule has 0 amide bonds. The maximum Gasteiger partial charge on any atom is 0.176 e. The van der Waals surface area contributed by atoms with E-state index in [1.54, 1.807) is 23.0 Å². The van der Waals surface area contributed by atoms with Gasteiger partial charge in [-0.1, -0.05) is 11.6 Å². The second-order valence-electron chi connectivity index (χ2n) is 4.26. The van der Waals surface area contributed by atoms with Crippen LogP contribution in [0.1, 0.15) is 35.3 Å². The van der Waals surface area contributed by atoms with Gasteiger partial charge in [0.1, 0.15) is 0 Å². The summed E-state index contributed by atoms with van der Waals surface area (Å²) in [5.74, 6) is 0.756. The van der Waals surface area contributed by atoms with Gasteiger partial charge >= 0.3 is 0 Å². The molecule has 0 atom stereocenters. The number of hydrogen-bond donors (Lipinski definition) is 0. The summed E-state index contributed by atoms with van der Waals surface area (Å²) in [5, 5.41) is 12.4. The Bertz CT molecular complexity index is 591. The molecule has 0 unspecified atom stereocenters. The lowest BCUT2D eigenvalue weighted by atomic mass is 10.1. The number of ketones is 1. The summed E-state index contributed by atoms with van der Waals surface area (Å²) >= 11 is 5.71. The zero-order valence-corrected chi connectivity index (χ0v) is 10.4. The Hall–Kier alpha value is -1.75. The monoisotopic (exact) mass is 262 g/mol. The molecule has 1 aliphatic rings. The molecule has 2 aromatic heterocycles. The average molecular weight is 263 g/mol. The number of hydrogen-bond acceptors (Lipinski definition) is 4. The van der Waals surface area contributed by atoms with Gasteiger partial charge in [-0.25, -0.2) is 4.68 Å². The Balaban J connectivity index is 2.08. The number of aromatic nitrogens is 4. The minimum atomic E-state index is 0.163. The smallest absolute Gasteiger partial charge is 0.176 e. The number of halogens is 1. The van der Waals surface area contributed by atoms with Crippen LogP contribution in [0.15, 0.2) is 18.3 Å². The highest BCUT2D eigenvalue weighted by molar-refractivity contribution is 6.29. The molecule has 2 aromatic rings. The van der Waals surface area contributed by atoms with Crippen molar-refractivity contribution in [2.75, 3.05) is 0 Å². The Labute approximate surface area is 109 Å². The van der Waals surface area contributed by atoms with Crippen LogP contribution in [0.2, 0.25) is 5.15 Å². The lowest BCUT2D eigenvalue weighted by Gasteiger charge is -2.05. The molecule has 0 spiro atoms. The highest BCUT2D eigenvalue weighted by Gasteiger charge is 2.21. The second kappa shape index (κ2) is 4.49. The lowest BCUT2D eigenvalue weighted by Crippen LogP contribution is -2.06. The maximum atomic E-state index is 11.9. The summed E-state index contributed by atoms with van der Waals surface area (Å²) < 4.78 is 1.68. The van der Waals surface area contributed by atoms with E-state index in [9.17, 15) is 4.79 Å². The van der Waals surface area contributed by atoms with Crippen LogP contribution in [-0.2, 0) is 6.42 Å². The molecule has 18 heavy (non-hydrogen) atoms. The Morgan fingerprint density at radius 1 is 1.17 bits per heavy atom. The molecule has 0 aliphatic heterocycles. The zero-order valence-electron chi connectivity index (χ0n) is 9.64. The van der Waals surface area contributed by atoms with Gasteiger partial charge in [0.15, 0.2) is 16.8 Å². The van der Waals surface area contributed by atoms with Crippen LogP contribution in [0.4, 0.5) is 0 Å². The second-order valence-corrected chi connectivity index (χ2v) is 4.65. The third kappa shape index (κ3) is 1.90. The van der Waals surface area contributed by atoms with Crippen molar-refractivity contribution in [3.63, 3.8) is 0 Å². The van der Waals surface area contributed by atoms with Gasteiger partial charge < -0.3 is 0 Å². The number of fused-ring (bicyclic) bond motifs is 1. The molecular weight excluding hydrogens is 252 g/mol. The number of carbonyl (C=O) groups excluding carboxylic acids is 1. The first-order valence-corrected chi connectivity index (χ1v) is 6.23. The third-order valence-electron chi connectivity index (χ3n) is 3.07.